The van der Waals surface area contributed by atoms with Crippen molar-refractivity contribution < 1.29 is 0 Å². The number of rotatable bonds is 6. The predicted octanol–water partition coefficient (Wildman–Crippen LogP) is 14.8. The number of fused-ring (bicyclic) bond motifs is 6. The number of para-hydroxylation sites is 1. The lowest BCUT2D eigenvalue weighted by Crippen LogP contribution is -2.10. The third-order valence-corrected chi connectivity index (χ3v) is 10.6. The highest BCUT2D eigenvalue weighted by Crippen LogP contribution is 2.43. The zero-order chi connectivity index (χ0) is 35.1. The van der Waals surface area contributed by atoms with Crippen molar-refractivity contribution in [2.24, 2.45) is 0 Å². The second kappa shape index (κ2) is 13.0. The minimum Gasteiger partial charge on any atom is -0.310 e. The monoisotopic (exact) mass is 673 g/mol. The molecule has 0 radical (unpaired) electrons. The largest absolute Gasteiger partial charge is 0.310 e. The highest BCUT2D eigenvalue weighted by molar-refractivity contribution is 6.20. The summed E-state index contributed by atoms with van der Waals surface area (Å²) in [6, 6.07) is 77.2. The van der Waals surface area contributed by atoms with E-state index in [1.165, 1.54) is 76.5 Å². The average molecular weight is 674 g/mol. The van der Waals surface area contributed by atoms with Gasteiger partial charge < -0.3 is 4.90 Å². The lowest BCUT2D eigenvalue weighted by atomic mass is 9.90. The number of hydrogen-bond acceptors (Lipinski definition) is 1. The highest BCUT2D eigenvalue weighted by Gasteiger charge is 2.18. The van der Waals surface area contributed by atoms with Gasteiger partial charge in [-0.05, 0) is 113 Å². The van der Waals surface area contributed by atoms with Gasteiger partial charge in [0, 0.05) is 17.1 Å². The lowest BCUT2D eigenvalue weighted by Gasteiger charge is -2.27. The number of benzene rings is 10. The van der Waals surface area contributed by atoms with Crippen LogP contribution < -0.4 is 4.90 Å². The van der Waals surface area contributed by atoms with E-state index < -0.39 is 0 Å². The van der Waals surface area contributed by atoms with Crippen molar-refractivity contribution in [1.82, 2.24) is 0 Å². The molecule has 53 heavy (non-hydrogen) atoms. The Kier molecular flexibility index (Phi) is 7.55. The molecule has 0 aliphatic carbocycles. The van der Waals surface area contributed by atoms with Crippen LogP contribution in [0.3, 0.4) is 0 Å². The molecule has 0 bridgehead atoms. The van der Waals surface area contributed by atoms with E-state index in [0.717, 1.165) is 17.1 Å². The van der Waals surface area contributed by atoms with E-state index in [1.54, 1.807) is 0 Å². The Morgan fingerprint density at radius 1 is 0.226 bits per heavy atom. The van der Waals surface area contributed by atoms with E-state index in [9.17, 15) is 0 Å². The summed E-state index contributed by atoms with van der Waals surface area (Å²) in [5.41, 5.74) is 10.6. The summed E-state index contributed by atoms with van der Waals surface area (Å²) in [5, 5.41) is 10.1. The standard InChI is InChI=1S/C52H35N/c1-3-13-36(14-4-1)37-25-27-38(28-26-37)40-17-11-20-43(33-40)53(42-18-5-2-6-19-42)44-34-41-16-8-10-22-46(41)52(35-44)48-24-12-23-47-50-30-29-39-15-7-9-21-45(39)49(50)31-32-51(47)48/h1-35H. The van der Waals surface area contributed by atoms with Gasteiger partial charge in [0.15, 0.2) is 0 Å². The van der Waals surface area contributed by atoms with Gasteiger partial charge in [0.2, 0.25) is 0 Å². The summed E-state index contributed by atoms with van der Waals surface area (Å²) in [5.74, 6) is 0. The van der Waals surface area contributed by atoms with Crippen LogP contribution in [0.1, 0.15) is 0 Å². The van der Waals surface area contributed by atoms with Crippen molar-refractivity contribution >= 4 is 60.2 Å². The molecule has 0 heterocycles. The molecule has 1 nitrogen and oxygen atoms in total. The van der Waals surface area contributed by atoms with Gasteiger partial charge >= 0.3 is 0 Å². The van der Waals surface area contributed by atoms with Crippen LogP contribution in [0.25, 0.3) is 76.5 Å². The minimum atomic E-state index is 1.11. The first-order valence-corrected chi connectivity index (χ1v) is 18.3. The smallest absolute Gasteiger partial charge is 0.0474 e. The molecular weight excluding hydrogens is 639 g/mol. The number of anilines is 3. The Bertz CT molecular complexity index is 2930. The molecule has 1 heteroatoms. The van der Waals surface area contributed by atoms with E-state index >= 15 is 0 Å². The van der Waals surface area contributed by atoms with Gasteiger partial charge in [-0.1, -0.05) is 176 Å². The fraction of sp³-hybridized carbons (Fsp3) is 0. The number of hydrogen-bond donors (Lipinski definition) is 0. The van der Waals surface area contributed by atoms with Crippen LogP contribution in [0.5, 0.6) is 0 Å². The fourth-order valence-electron chi connectivity index (χ4n) is 8.07. The molecule has 0 unspecified atom stereocenters. The summed E-state index contributed by atoms with van der Waals surface area (Å²) < 4.78 is 0. The Balaban J connectivity index is 1.14. The van der Waals surface area contributed by atoms with Crippen molar-refractivity contribution in [3.8, 4) is 33.4 Å². The molecular formula is C52H35N. The van der Waals surface area contributed by atoms with E-state index in [2.05, 4.69) is 217 Å². The molecule has 10 rings (SSSR count). The van der Waals surface area contributed by atoms with Gasteiger partial charge in [-0.2, -0.15) is 0 Å². The van der Waals surface area contributed by atoms with Crippen molar-refractivity contribution in [3.05, 3.63) is 212 Å². The van der Waals surface area contributed by atoms with Gasteiger partial charge in [-0.25, -0.2) is 0 Å². The molecule has 0 fully saturated rings. The maximum Gasteiger partial charge on any atom is 0.0474 e. The normalized spacial score (nSPS) is 11.4. The third kappa shape index (κ3) is 5.51. The molecule has 0 aliphatic heterocycles. The van der Waals surface area contributed by atoms with Crippen molar-refractivity contribution in [3.63, 3.8) is 0 Å². The maximum atomic E-state index is 2.39. The van der Waals surface area contributed by atoms with Crippen molar-refractivity contribution in [2.45, 2.75) is 0 Å². The summed E-state index contributed by atoms with van der Waals surface area (Å²) in [6.07, 6.45) is 0. The molecule has 10 aromatic carbocycles. The number of nitrogens with zero attached hydrogens (tertiary/aromatic N) is 1. The van der Waals surface area contributed by atoms with Gasteiger partial charge in [0.1, 0.15) is 0 Å². The van der Waals surface area contributed by atoms with E-state index in [1.807, 2.05) is 0 Å². The van der Waals surface area contributed by atoms with E-state index in [-0.39, 0.29) is 0 Å². The zero-order valence-corrected chi connectivity index (χ0v) is 29.2. The van der Waals surface area contributed by atoms with E-state index in [0.29, 0.717) is 0 Å². The molecule has 10 aromatic rings. The first kappa shape index (κ1) is 30.8. The Labute approximate surface area is 309 Å². The molecule has 0 N–H and O–H groups in total. The van der Waals surface area contributed by atoms with Crippen LogP contribution in [-0.4, -0.2) is 0 Å². The van der Waals surface area contributed by atoms with Gasteiger partial charge in [-0.15, -0.1) is 0 Å². The van der Waals surface area contributed by atoms with Gasteiger partial charge in [0.25, 0.3) is 0 Å². The second-order valence-electron chi connectivity index (χ2n) is 13.7. The van der Waals surface area contributed by atoms with Crippen LogP contribution in [0.15, 0.2) is 212 Å². The van der Waals surface area contributed by atoms with Crippen LogP contribution in [0, 0.1) is 0 Å². The summed E-state index contributed by atoms with van der Waals surface area (Å²) in [6.45, 7) is 0. The zero-order valence-electron chi connectivity index (χ0n) is 29.2. The quantitative estimate of drug-likeness (QED) is 0.159. The van der Waals surface area contributed by atoms with Crippen molar-refractivity contribution in [2.75, 3.05) is 4.90 Å². The third-order valence-electron chi connectivity index (χ3n) is 10.6. The second-order valence-corrected chi connectivity index (χ2v) is 13.7. The fourth-order valence-corrected chi connectivity index (χ4v) is 8.07. The Hall–Kier alpha value is -6.96. The molecule has 0 aromatic heterocycles. The molecule has 0 saturated heterocycles. The van der Waals surface area contributed by atoms with Crippen LogP contribution in [0.4, 0.5) is 17.1 Å². The van der Waals surface area contributed by atoms with Gasteiger partial charge in [0.05, 0.1) is 0 Å². The van der Waals surface area contributed by atoms with Crippen LogP contribution >= 0.6 is 0 Å². The Morgan fingerprint density at radius 3 is 1.57 bits per heavy atom. The summed E-state index contributed by atoms with van der Waals surface area (Å²) >= 11 is 0. The molecule has 0 aliphatic rings. The summed E-state index contributed by atoms with van der Waals surface area (Å²) in [7, 11) is 0. The highest BCUT2D eigenvalue weighted by atomic mass is 15.1. The van der Waals surface area contributed by atoms with Crippen LogP contribution in [-0.2, 0) is 0 Å². The first-order valence-electron chi connectivity index (χ1n) is 18.3. The predicted molar refractivity (Wildman–Crippen MR) is 227 cm³/mol. The lowest BCUT2D eigenvalue weighted by molar-refractivity contribution is 1.29. The average Bonchev–Trinajstić information content (AvgIpc) is 3.24. The van der Waals surface area contributed by atoms with Crippen molar-refractivity contribution in [1.29, 1.82) is 0 Å². The molecule has 0 amide bonds. The van der Waals surface area contributed by atoms with Gasteiger partial charge in [-0.3, -0.25) is 0 Å². The molecule has 248 valence electrons. The summed E-state index contributed by atoms with van der Waals surface area (Å²) in [4.78, 5) is 2.39. The topological polar surface area (TPSA) is 3.24 Å². The Morgan fingerprint density at radius 2 is 0.755 bits per heavy atom. The maximum absolute atomic E-state index is 2.39. The first-order chi connectivity index (χ1) is 26.3. The van der Waals surface area contributed by atoms with E-state index in [4.69, 9.17) is 0 Å². The molecule has 0 saturated carbocycles. The molecule has 0 spiro atoms. The molecule has 0 atom stereocenters. The minimum absolute atomic E-state index is 1.11. The van der Waals surface area contributed by atoms with Crippen LogP contribution in [0.2, 0.25) is 0 Å². The SMILES string of the molecule is c1ccc(-c2ccc(-c3cccc(N(c4ccccc4)c4cc(-c5cccc6c5ccc5c7ccccc7ccc65)c5ccccc5c4)c3)cc2)cc1.